The number of piperidine rings is 1. The maximum Gasteiger partial charge on any atom is 0.241 e. The quantitative estimate of drug-likeness (QED) is 0.877. The average Bonchev–Trinajstić information content (AvgIpc) is 2.47. The number of rotatable bonds is 5. The van der Waals surface area contributed by atoms with Gasteiger partial charge in [-0.3, -0.25) is 4.79 Å². The highest BCUT2D eigenvalue weighted by molar-refractivity contribution is 6.32. The third-order valence-corrected chi connectivity index (χ3v) is 3.58. The van der Waals surface area contributed by atoms with Crippen LogP contribution in [-0.4, -0.2) is 25.1 Å². The molecule has 1 heterocycles. The van der Waals surface area contributed by atoms with E-state index in [4.69, 9.17) is 16.3 Å². The van der Waals surface area contributed by atoms with Crippen molar-refractivity contribution >= 4 is 23.2 Å². The van der Waals surface area contributed by atoms with E-state index in [2.05, 4.69) is 10.6 Å². The molecule has 0 aromatic heterocycles. The minimum Gasteiger partial charge on any atom is -0.492 e. The normalized spacial score (nSPS) is 18.6. The van der Waals surface area contributed by atoms with Crippen LogP contribution in [0.5, 0.6) is 5.75 Å². The second-order valence-electron chi connectivity index (χ2n) is 4.99. The molecule has 2 N–H and O–H groups in total. The predicted octanol–water partition coefficient (Wildman–Crippen LogP) is 3.21. The highest BCUT2D eigenvalue weighted by atomic mass is 35.5. The van der Waals surface area contributed by atoms with Gasteiger partial charge in [0.15, 0.2) is 0 Å². The van der Waals surface area contributed by atoms with Crippen LogP contribution in [0.15, 0.2) is 18.2 Å². The first-order chi connectivity index (χ1) is 9.70. The number of hydrogen-bond donors (Lipinski definition) is 2. The Morgan fingerprint density at radius 2 is 2.35 bits per heavy atom. The van der Waals surface area contributed by atoms with Crippen LogP contribution in [-0.2, 0) is 4.79 Å². The van der Waals surface area contributed by atoms with Gasteiger partial charge in [-0.1, -0.05) is 24.9 Å². The molecule has 2 rings (SSSR count). The summed E-state index contributed by atoms with van der Waals surface area (Å²) < 4.78 is 5.51. The van der Waals surface area contributed by atoms with Crippen LogP contribution in [0.4, 0.5) is 5.69 Å². The fourth-order valence-electron chi connectivity index (χ4n) is 2.21. The fourth-order valence-corrected chi connectivity index (χ4v) is 2.45. The van der Waals surface area contributed by atoms with E-state index in [0.29, 0.717) is 23.1 Å². The minimum absolute atomic E-state index is 0.00277. The largest absolute Gasteiger partial charge is 0.492 e. The maximum atomic E-state index is 12.1. The summed E-state index contributed by atoms with van der Waals surface area (Å²) in [4.78, 5) is 12.1. The highest BCUT2D eigenvalue weighted by Crippen LogP contribution is 2.28. The Kier molecular flexibility index (Phi) is 5.68. The first-order valence-electron chi connectivity index (χ1n) is 7.17. The van der Waals surface area contributed by atoms with E-state index in [0.717, 1.165) is 32.2 Å². The van der Waals surface area contributed by atoms with Crippen LogP contribution < -0.4 is 15.4 Å². The number of anilines is 1. The van der Waals surface area contributed by atoms with E-state index in [-0.39, 0.29) is 11.9 Å². The number of nitrogens with one attached hydrogen (secondary N) is 2. The van der Waals surface area contributed by atoms with Crippen molar-refractivity contribution in [3.05, 3.63) is 23.2 Å². The molecule has 0 unspecified atom stereocenters. The van der Waals surface area contributed by atoms with Crippen LogP contribution >= 0.6 is 11.6 Å². The first kappa shape index (κ1) is 15.1. The molecule has 5 heteroatoms. The third-order valence-electron chi connectivity index (χ3n) is 3.29. The lowest BCUT2D eigenvalue weighted by molar-refractivity contribution is -0.118. The Bertz CT molecular complexity index is 459. The predicted molar refractivity (Wildman–Crippen MR) is 81.5 cm³/mol. The Morgan fingerprint density at radius 3 is 3.00 bits per heavy atom. The molecular weight excluding hydrogens is 276 g/mol. The van der Waals surface area contributed by atoms with Gasteiger partial charge in [0.2, 0.25) is 5.91 Å². The summed E-state index contributed by atoms with van der Waals surface area (Å²) in [6, 6.07) is 5.24. The topological polar surface area (TPSA) is 50.4 Å². The molecule has 0 bridgehead atoms. The number of amides is 1. The molecule has 0 aliphatic carbocycles. The van der Waals surface area contributed by atoms with Gasteiger partial charge in [-0.25, -0.2) is 0 Å². The van der Waals surface area contributed by atoms with Gasteiger partial charge < -0.3 is 15.4 Å². The van der Waals surface area contributed by atoms with Gasteiger partial charge in [0.25, 0.3) is 0 Å². The second-order valence-corrected chi connectivity index (χ2v) is 5.39. The summed E-state index contributed by atoms with van der Waals surface area (Å²) >= 11 is 6.14. The number of hydrogen-bond acceptors (Lipinski definition) is 3. The molecule has 20 heavy (non-hydrogen) atoms. The van der Waals surface area contributed by atoms with E-state index in [1.807, 2.05) is 13.0 Å². The lowest BCUT2D eigenvalue weighted by atomic mass is 10.0. The lowest BCUT2D eigenvalue weighted by Gasteiger charge is -2.22. The van der Waals surface area contributed by atoms with Crippen molar-refractivity contribution in [2.75, 3.05) is 18.5 Å². The highest BCUT2D eigenvalue weighted by Gasteiger charge is 2.20. The molecule has 1 fully saturated rings. The molecular formula is C15H21ClN2O2. The van der Waals surface area contributed by atoms with E-state index in [1.165, 1.54) is 0 Å². The molecule has 1 saturated heterocycles. The second kappa shape index (κ2) is 7.50. The molecule has 1 aromatic carbocycles. The van der Waals surface area contributed by atoms with Gasteiger partial charge in [-0.05, 0) is 44.0 Å². The van der Waals surface area contributed by atoms with Gasteiger partial charge in [-0.15, -0.1) is 0 Å². The van der Waals surface area contributed by atoms with E-state index in [9.17, 15) is 4.79 Å². The van der Waals surface area contributed by atoms with Gasteiger partial charge in [-0.2, -0.15) is 0 Å². The van der Waals surface area contributed by atoms with Crippen molar-refractivity contribution in [3.63, 3.8) is 0 Å². The van der Waals surface area contributed by atoms with Crippen molar-refractivity contribution < 1.29 is 9.53 Å². The summed E-state index contributed by atoms with van der Waals surface area (Å²) in [5, 5.41) is 6.64. The van der Waals surface area contributed by atoms with Crippen molar-refractivity contribution in [3.8, 4) is 5.75 Å². The molecule has 1 aliphatic heterocycles. The van der Waals surface area contributed by atoms with E-state index in [1.54, 1.807) is 12.1 Å². The number of halogens is 1. The first-order valence-corrected chi connectivity index (χ1v) is 7.55. The van der Waals surface area contributed by atoms with Crippen molar-refractivity contribution in [2.45, 2.75) is 38.6 Å². The summed E-state index contributed by atoms with van der Waals surface area (Å²) in [6.45, 7) is 3.58. The summed E-state index contributed by atoms with van der Waals surface area (Å²) in [7, 11) is 0. The molecule has 1 atom stereocenters. The van der Waals surface area contributed by atoms with Crippen LogP contribution in [0, 0.1) is 0 Å². The summed E-state index contributed by atoms with van der Waals surface area (Å²) in [6.07, 6.45) is 4.05. The van der Waals surface area contributed by atoms with Crippen molar-refractivity contribution in [1.29, 1.82) is 0 Å². The average molecular weight is 297 g/mol. The summed E-state index contributed by atoms with van der Waals surface area (Å²) in [5.74, 6) is 0.658. The zero-order chi connectivity index (χ0) is 14.4. The zero-order valence-electron chi connectivity index (χ0n) is 11.7. The molecule has 110 valence electrons. The lowest BCUT2D eigenvalue weighted by Crippen LogP contribution is -2.43. The standard InChI is InChI=1S/C15H21ClN2O2/c1-2-9-20-14-7-6-11(10-12(14)16)18-15(19)13-5-3-4-8-17-13/h6-7,10,13,17H,2-5,8-9H2,1H3,(H,18,19)/t13-/m0/s1. The molecule has 1 aromatic rings. The molecule has 0 saturated carbocycles. The van der Waals surface area contributed by atoms with E-state index < -0.39 is 0 Å². The summed E-state index contributed by atoms with van der Waals surface area (Å²) in [5.41, 5.74) is 0.705. The molecule has 0 radical (unpaired) electrons. The monoisotopic (exact) mass is 296 g/mol. The SMILES string of the molecule is CCCOc1ccc(NC(=O)[C@@H]2CCCCN2)cc1Cl. The Hall–Kier alpha value is -1.26. The Labute approximate surface area is 124 Å². The van der Waals surface area contributed by atoms with Gasteiger partial charge in [0.05, 0.1) is 17.7 Å². The van der Waals surface area contributed by atoms with Gasteiger partial charge in [0, 0.05) is 5.69 Å². The zero-order valence-corrected chi connectivity index (χ0v) is 12.5. The molecule has 4 nitrogen and oxygen atoms in total. The van der Waals surface area contributed by atoms with Gasteiger partial charge in [0.1, 0.15) is 5.75 Å². The van der Waals surface area contributed by atoms with Crippen molar-refractivity contribution in [2.24, 2.45) is 0 Å². The fraction of sp³-hybridized carbons (Fsp3) is 0.533. The van der Waals surface area contributed by atoms with Crippen LogP contribution in [0.2, 0.25) is 5.02 Å². The maximum absolute atomic E-state index is 12.1. The third kappa shape index (κ3) is 4.12. The van der Waals surface area contributed by atoms with Crippen LogP contribution in [0.25, 0.3) is 0 Å². The Morgan fingerprint density at radius 1 is 1.50 bits per heavy atom. The number of benzene rings is 1. The van der Waals surface area contributed by atoms with Gasteiger partial charge >= 0.3 is 0 Å². The smallest absolute Gasteiger partial charge is 0.241 e. The van der Waals surface area contributed by atoms with Crippen LogP contribution in [0.3, 0.4) is 0 Å². The molecule has 0 spiro atoms. The number of carbonyl (C=O) groups is 1. The van der Waals surface area contributed by atoms with Crippen molar-refractivity contribution in [1.82, 2.24) is 5.32 Å². The molecule has 1 amide bonds. The number of carbonyl (C=O) groups excluding carboxylic acids is 1. The molecule has 1 aliphatic rings. The number of ether oxygens (including phenoxy) is 1. The Balaban J connectivity index is 1.95. The minimum atomic E-state index is -0.0986. The van der Waals surface area contributed by atoms with Crippen LogP contribution in [0.1, 0.15) is 32.6 Å². The van der Waals surface area contributed by atoms with E-state index >= 15 is 0 Å².